The smallest absolute Gasteiger partial charge is 0.264 e. The van der Waals surface area contributed by atoms with Crippen LogP contribution in [0.3, 0.4) is 0 Å². The highest BCUT2D eigenvalue weighted by molar-refractivity contribution is 7.93. The van der Waals surface area contributed by atoms with Crippen LogP contribution in [0.15, 0.2) is 101 Å². The summed E-state index contributed by atoms with van der Waals surface area (Å²) in [6, 6.07) is 22.7. The van der Waals surface area contributed by atoms with E-state index in [4.69, 9.17) is 23.2 Å². The number of halogens is 2. The Labute approximate surface area is 243 Å². The fraction of sp³-hybridized carbons (Fsp3) is 0.107. The Balaban J connectivity index is 1.54. The van der Waals surface area contributed by atoms with Crippen molar-refractivity contribution in [3.05, 3.63) is 112 Å². The molecule has 208 valence electrons. The lowest BCUT2D eigenvalue weighted by atomic mass is 10.2. The van der Waals surface area contributed by atoms with Gasteiger partial charge in [-0.2, -0.15) is 0 Å². The Morgan fingerprint density at radius 2 is 1.32 bits per heavy atom. The third kappa shape index (κ3) is 6.95. The van der Waals surface area contributed by atoms with Crippen molar-refractivity contribution in [1.29, 1.82) is 0 Å². The molecule has 0 heterocycles. The SMILES string of the molecule is Cc1ccc(S(=O)(=O)N(CC(=O)Nc2ccc(S(=O)(=O)Nc3ccc(Cl)cc3)cc2)c2ccc(C)c(Cl)c2)cc1. The fourth-order valence-electron chi connectivity index (χ4n) is 3.67. The minimum atomic E-state index is -4.13. The molecule has 4 rings (SSSR count). The number of carbonyl (C=O) groups excluding carboxylic acids is 1. The number of benzene rings is 4. The maximum atomic E-state index is 13.6. The zero-order chi connectivity index (χ0) is 29.1. The molecule has 0 aromatic heterocycles. The van der Waals surface area contributed by atoms with Crippen LogP contribution >= 0.6 is 23.2 Å². The summed E-state index contributed by atoms with van der Waals surface area (Å²) in [7, 11) is -8.02. The fourth-order valence-corrected chi connectivity index (χ4v) is 6.44. The van der Waals surface area contributed by atoms with Gasteiger partial charge in [-0.25, -0.2) is 16.8 Å². The summed E-state index contributed by atoms with van der Waals surface area (Å²) < 4.78 is 56.0. The van der Waals surface area contributed by atoms with Gasteiger partial charge in [-0.05, 0) is 92.2 Å². The summed E-state index contributed by atoms with van der Waals surface area (Å²) >= 11 is 12.1. The third-order valence-corrected chi connectivity index (χ3v) is 9.73. The Kier molecular flexibility index (Phi) is 8.74. The molecule has 0 aliphatic heterocycles. The standard InChI is InChI=1S/C28H25Cl2N3O5S2/c1-19-3-13-26(14-4-19)40(37,38)33(24-12-5-20(2)27(30)17-24)18-28(34)31-22-10-15-25(16-11-22)39(35,36)32-23-8-6-21(29)7-9-23/h3-17,32H,18H2,1-2H3,(H,31,34). The lowest BCUT2D eigenvalue weighted by Gasteiger charge is -2.24. The van der Waals surface area contributed by atoms with E-state index in [1.165, 1.54) is 54.6 Å². The van der Waals surface area contributed by atoms with Gasteiger partial charge in [0.25, 0.3) is 20.0 Å². The predicted octanol–water partition coefficient (Wildman–Crippen LogP) is 6.25. The molecule has 0 saturated carbocycles. The molecule has 2 N–H and O–H groups in total. The molecule has 0 radical (unpaired) electrons. The van der Waals surface area contributed by atoms with Gasteiger partial charge in [0.2, 0.25) is 5.91 Å². The number of sulfonamides is 2. The average molecular weight is 619 g/mol. The van der Waals surface area contributed by atoms with Crippen LogP contribution in [-0.4, -0.2) is 29.3 Å². The van der Waals surface area contributed by atoms with Crippen molar-refractivity contribution >= 4 is 66.2 Å². The molecular weight excluding hydrogens is 593 g/mol. The largest absolute Gasteiger partial charge is 0.325 e. The summed E-state index contributed by atoms with van der Waals surface area (Å²) in [6.45, 7) is 3.08. The summed E-state index contributed by atoms with van der Waals surface area (Å²) in [6.07, 6.45) is 0. The Morgan fingerprint density at radius 3 is 1.93 bits per heavy atom. The number of rotatable bonds is 9. The quantitative estimate of drug-likeness (QED) is 0.231. The highest BCUT2D eigenvalue weighted by Gasteiger charge is 2.28. The van der Waals surface area contributed by atoms with Crippen molar-refractivity contribution in [1.82, 2.24) is 0 Å². The molecule has 8 nitrogen and oxygen atoms in total. The van der Waals surface area contributed by atoms with Crippen LogP contribution in [0.5, 0.6) is 0 Å². The molecule has 40 heavy (non-hydrogen) atoms. The number of aryl methyl sites for hydroxylation is 2. The highest BCUT2D eigenvalue weighted by Crippen LogP contribution is 2.28. The van der Waals surface area contributed by atoms with E-state index < -0.39 is 32.5 Å². The number of anilines is 3. The lowest BCUT2D eigenvalue weighted by Crippen LogP contribution is -2.38. The van der Waals surface area contributed by atoms with E-state index in [9.17, 15) is 21.6 Å². The van der Waals surface area contributed by atoms with E-state index in [2.05, 4.69) is 10.0 Å². The molecule has 1 amide bonds. The van der Waals surface area contributed by atoms with Gasteiger partial charge in [-0.1, -0.05) is 47.0 Å². The minimum Gasteiger partial charge on any atom is -0.325 e. The zero-order valence-electron chi connectivity index (χ0n) is 21.4. The molecule has 0 aliphatic carbocycles. The molecular formula is C28H25Cl2N3O5S2. The van der Waals surface area contributed by atoms with E-state index in [1.807, 2.05) is 6.92 Å². The number of carbonyl (C=O) groups is 1. The first kappa shape index (κ1) is 29.4. The molecule has 4 aromatic carbocycles. The van der Waals surface area contributed by atoms with Crippen LogP contribution in [0, 0.1) is 13.8 Å². The Hall–Kier alpha value is -3.57. The average Bonchev–Trinajstić information content (AvgIpc) is 2.91. The van der Waals surface area contributed by atoms with Gasteiger partial charge >= 0.3 is 0 Å². The molecule has 12 heteroatoms. The Bertz CT molecular complexity index is 1740. The maximum Gasteiger partial charge on any atom is 0.264 e. The number of hydrogen-bond donors (Lipinski definition) is 2. The molecule has 0 fully saturated rings. The van der Waals surface area contributed by atoms with Crippen LogP contribution in [-0.2, 0) is 24.8 Å². The minimum absolute atomic E-state index is 0.0188. The molecule has 4 aromatic rings. The van der Waals surface area contributed by atoms with Gasteiger partial charge in [0.15, 0.2) is 0 Å². The molecule has 0 saturated heterocycles. The molecule has 0 unspecified atom stereocenters. The van der Waals surface area contributed by atoms with Gasteiger partial charge in [0.05, 0.1) is 15.5 Å². The van der Waals surface area contributed by atoms with E-state index in [1.54, 1.807) is 43.3 Å². The van der Waals surface area contributed by atoms with E-state index in [0.29, 0.717) is 15.7 Å². The first-order valence-corrected chi connectivity index (χ1v) is 15.6. The van der Waals surface area contributed by atoms with Crippen LogP contribution in [0.1, 0.15) is 11.1 Å². The van der Waals surface area contributed by atoms with E-state index >= 15 is 0 Å². The van der Waals surface area contributed by atoms with E-state index in [0.717, 1.165) is 15.4 Å². The molecule has 0 aliphatic rings. The monoisotopic (exact) mass is 617 g/mol. The highest BCUT2D eigenvalue weighted by atomic mass is 35.5. The number of nitrogens with zero attached hydrogens (tertiary/aromatic N) is 1. The number of hydrogen-bond acceptors (Lipinski definition) is 5. The Morgan fingerprint density at radius 1 is 0.750 bits per heavy atom. The maximum absolute atomic E-state index is 13.6. The second-order valence-electron chi connectivity index (χ2n) is 8.94. The van der Waals surface area contributed by atoms with Crippen molar-refractivity contribution in [2.24, 2.45) is 0 Å². The topological polar surface area (TPSA) is 113 Å². The van der Waals surface area contributed by atoms with E-state index in [-0.39, 0.29) is 21.2 Å². The number of amides is 1. The lowest BCUT2D eigenvalue weighted by molar-refractivity contribution is -0.114. The van der Waals surface area contributed by atoms with Crippen LogP contribution in [0.25, 0.3) is 0 Å². The van der Waals surface area contributed by atoms with Crippen molar-refractivity contribution < 1.29 is 21.6 Å². The molecule has 0 spiro atoms. The molecule has 0 atom stereocenters. The summed E-state index contributed by atoms with van der Waals surface area (Å²) in [5, 5.41) is 3.45. The normalized spacial score (nSPS) is 11.6. The predicted molar refractivity (Wildman–Crippen MR) is 159 cm³/mol. The summed E-state index contributed by atoms with van der Waals surface area (Å²) in [5.74, 6) is -0.637. The second-order valence-corrected chi connectivity index (χ2v) is 13.3. The molecule has 0 bridgehead atoms. The first-order valence-electron chi connectivity index (χ1n) is 11.9. The van der Waals surface area contributed by atoms with Gasteiger partial charge < -0.3 is 5.32 Å². The third-order valence-electron chi connectivity index (χ3n) is 5.88. The first-order chi connectivity index (χ1) is 18.8. The van der Waals surface area contributed by atoms with Gasteiger partial charge in [0.1, 0.15) is 6.54 Å². The van der Waals surface area contributed by atoms with Crippen molar-refractivity contribution in [3.8, 4) is 0 Å². The summed E-state index contributed by atoms with van der Waals surface area (Å²) in [4.78, 5) is 13.0. The van der Waals surface area contributed by atoms with Crippen molar-refractivity contribution in [2.75, 3.05) is 20.9 Å². The van der Waals surface area contributed by atoms with Gasteiger partial charge in [0, 0.05) is 21.4 Å². The summed E-state index contributed by atoms with van der Waals surface area (Å²) in [5.41, 5.74) is 2.48. The van der Waals surface area contributed by atoms with Crippen molar-refractivity contribution in [3.63, 3.8) is 0 Å². The van der Waals surface area contributed by atoms with Crippen LogP contribution in [0.4, 0.5) is 17.1 Å². The van der Waals surface area contributed by atoms with Crippen molar-refractivity contribution in [2.45, 2.75) is 23.6 Å². The second kappa shape index (κ2) is 11.9. The van der Waals surface area contributed by atoms with Gasteiger partial charge in [-0.3, -0.25) is 13.8 Å². The van der Waals surface area contributed by atoms with Crippen LogP contribution in [0.2, 0.25) is 10.0 Å². The van der Waals surface area contributed by atoms with Crippen LogP contribution < -0.4 is 14.3 Å². The van der Waals surface area contributed by atoms with Gasteiger partial charge in [-0.15, -0.1) is 0 Å². The number of nitrogens with one attached hydrogen (secondary N) is 2. The zero-order valence-corrected chi connectivity index (χ0v) is 24.6.